The Morgan fingerprint density at radius 3 is 2.69 bits per heavy atom. The largest absolute Gasteiger partial charge is 0.691 e. The SMILES string of the molecule is O=C(OC1CCC(O)C1)C(F)(F)SOO[O-]. The lowest BCUT2D eigenvalue weighted by Gasteiger charge is -2.17. The monoisotopic (exact) mass is 259 g/mol. The van der Waals surface area contributed by atoms with Gasteiger partial charge < -0.3 is 15.1 Å². The van der Waals surface area contributed by atoms with Crippen LogP contribution in [-0.2, 0) is 18.9 Å². The van der Waals surface area contributed by atoms with Gasteiger partial charge in [-0.15, -0.1) is 0 Å². The molecule has 16 heavy (non-hydrogen) atoms. The van der Waals surface area contributed by atoms with Crippen LogP contribution in [0.4, 0.5) is 8.78 Å². The van der Waals surface area contributed by atoms with E-state index in [0.717, 1.165) is 0 Å². The number of aliphatic hydroxyl groups is 1. The standard InChI is InChI=1S/C7H10F2O6S/c8-7(9,16-15-14-12)6(11)13-5-2-1-4(10)3-5/h4-5,10,12H,1-3H2/p-1. The minimum absolute atomic E-state index is 0.130. The molecule has 9 heteroatoms. The number of alkyl halides is 2. The molecule has 0 heterocycles. The van der Waals surface area contributed by atoms with E-state index in [2.05, 4.69) is 14.1 Å². The Morgan fingerprint density at radius 1 is 1.50 bits per heavy atom. The maximum absolute atomic E-state index is 12.8. The van der Waals surface area contributed by atoms with E-state index in [1.54, 1.807) is 0 Å². The average Bonchev–Trinajstić information content (AvgIpc) is 2.61. The molecule has 0 aliphatic heterocycles. The van der Waals surface area contributed by atoms with E-state index in [0.29, 0.717) is 12.8 Å². The van der Waals surface area contributed by atoms with Gasteiger partial charge in [0.1, 0.15) is 18.1 Å². The molecule has 1 fully saturated rings. The maximum atomic E-state index is 12.8. The Hall–Kier alpha value is -0.480. The normalized spacial score (nSPS) is 25.8. The average molecular weight is 259 g/mol. The summed E-state index contributed by atoms with van der Waals surface area (Å²) in [5, 5.41) is 17.1. The molecule has 0 bridgehead atoms. The molecule has 1 rings (SSSR count). The van der Waals surface area contributed by atoms with Crippen LogP contribution in [-0.4, -0.2) is 28.5 Å². The molecule has 2 unspecified atom stereocenters. The first-order valence-electron chi connectivity index (χ1n) is 4.37. The first-order chi connectivity index (χ1) is 7.45. The van der Waals surface area contributed by atoms with Crippen molar-refractivity contribution in [2.75, 3.05) is 0 Å². The zero-order valence-corrected chi connectivity index (χ0v) is 8.75. The van der Waals surface area contributed by atoms with Gasteiger partial charge in [-0.3, -0.25) is 5.04 Å². The van der Waals surface area contributed by atoms with Crippen LogP contribution in [0.3, 0.4) is 0 Å². The molecule has 0 aromatic carbocycles. The molecule has 1 aliphatic carbocycles. The molecular formula is C7H9F2O6S-. The summed E-state index contributed by atoms with van der Waals surface area (Å²) < 4.78 is 33.5. The highest BCUT2D eigenvalue weighted by atomic mass is 32.2. The van der Waals surface area contributed by atoms with Crippen molar-refractivity contribution in [3.05, 3.63) is 0 Å². The highest BCUT2D eigenvalue weighted by molar-refractivity contribution is 7.96. The van der Waals surface area contributed by atoms with Gasteiger partial charge in [-0.2, -0.15) is 13.1 Å². The number of halogens is 2. The Bertz CT molecular complexity index is 251. The van der Waals surface area contributed by atoms with E-state index < -0.39 is 35.5 Å². The predicted molar refractivity (Wildman–Crippen MR) is 44.4 cm³/mol. The third-order valence-electron chi connectivity index (χ3n) is 2.03. The lowest BCUT2D eigenvalue weighted by molar-refractivity contribution is -0.777. The third-order valence-corrected chi connectivity index (χ3v) is 2.53. The van der Waals surface area contributed by atoms with Crippen molar-refractivity contribution in [1.82, 2.24) is 0 Å². The quantitative estimate of drug-likeness (QED) is 0.319. The number of ether oxygens (including phenoxy) is 1. The summed E-state index contributed by atoms with van der Waals surface area (Å²) in [5.74, 6) is -1.83. The van der Waals surface area contributed by atoms with Crippen LogP contribution >= 0.6 is 12.0 Å². The van der Waals surface area contributed by atoms with E-state index in [1.807, 2.05) is 0 Å². The van der Waals surface area contributed by atoms with Crippen molar-refractivity contribution >= 4 is 18.0 Å². The fourth-order valence-electron chi connectivity index (χ4n) is 1.34. The van der Waals surface area contributed by atoms with Gasteiger partial charge >= 0.3 is 11.2 Å². The van der Waals surface area contributed by atoms with Gasteiger partial charge in [0.15, 0.2) is 0 Å². The number of rotatable bonds is 5. The van der Waals surface area contributed by atoms with Crippen molar-refractivity contribution in [3.63, 3.8) is 0 Å². The molecule has 94 valence electrons. The summed E-state index contributed by atoms with van der Waals surface area (Å²) in [6, 6.07) is 0. The summed E-state index contributed by atoms with van der Waals surface area (Å²) in [4.78, 5) is 10.9. The second-order valence-corrected chi connectivity index (χ2v) is 4.05. The summed E-state index contributed by atoms with van der Waals surface area (Å²) in [7, 11) is 0. The predicted octanol–water partition coefficient (Wildman–Crippen LogP) is -0.0925. The van der Waals surface area contributed by atoms with E-state index >= 15 is 0 Å². The molecule has 6 nitrogen and oxygen atoms in total. The second-order valence-electron chi connectivity index (χ2n) is 3.23. The van der Waals surface area contributed by atoms with Gasteiger partial charge in [-0.05, 0) is 12.8 Å². The van der Waals surface area contributed by atoms with Gasteiger partial charge in [0, 0.05) is 6.42 Å². The molecule has 0 saturated heterocycles. The first-order valence-corrected chi connectivity index (χ1v) is 5.11. The molecule has 2 atom stereocenters. The van der Waals surface area contributed by atoms with Crippen LogP contribution in [0.5, 0.6) is 0 Å². The number of esters is 1. The first kappa shape index (κ1) is 13.6. The molecule has 1 saturated carbocycles. The zero-order valence-electron chi connectivity index (χ0n) is 7.93. The van der Waals surface area contributed by atoms with Crippen molar-refractivity contribution in [1.29, 1.82) is 0 Å². The zero-order chi connectivity index (χ0) is 12.2. The Morgan fingerprint density at radius 2 is 2.19 bits per heavy atom. The Kier molecular flexibility index (Phi) is 4.87. The molecule has 1 N–H and O–H groups in total. The van der Waals surface area contributed by atoms with Gasteiger partial charge in [-0.25, -0.2) is 4.79 Å². The molecule has 1 aliphatic rings. The van der Waals surface area contributed by atoms with Crippen LogP contribution in [0.1, 0.15) is 19.3 Å². The fraction of sp³-hybridized carbons (Fsp3) is 0.857. The lowest BCUT2D eigenvalue weighted by Crippen LogP contribution is -2.31. The molecule has 0 spiro atoms. The fourth-order valence-corrected chi connectivity index (χ4v) is 1.56. The lowest BCUT2D eigenvalue weighted by atomic mass is 10.3. The van der Waals surface area contributed by atoms with Gasteiger partial charge in [0.2, 0.25) is 0 Å². The van der Waals surface area contributed by atoms with Crippen LogP contribution in [0.25, 0.3) is 0 Å². The van der Waals surface area contributed by atoms with E-state index in [1.165, 1.54) is 0 Å². The third kappa shape index (κ3) is 3.83. The number of carbonyl (C=O) groups is 1. The van der Waals surface area contributed by atoms with Crippen LogP contribution in [0.2, 0.25) is 0 Å². The number of hydrogen-bond donors (Lipinski definition) is 1. The van der Waals surface area contributed by atoms with Crippen LogP contribution < -0.4 is 5.26 Å². The summed E-state index contributed by atoms with van der Waals surface area (Å²) in [6.07, 6.45) is -0.517. The van der Waals surface area contributed by atoms with E-state index in [9.17, 15) is 18.8 Å². The number of aliphatic hydroxyl groups excluding tert-OH is 1. The van der Waals surface area contributed by atoms with Crippen molar-refractivity contribution in [3.8, 4) is 0 Å². The molecular weight excluding hydrogens is 250 g/mol. The second kappa shape index (κ2) is 5.73. The Balaban J connectivity index is 2.38. The summed E-state index contributed by atoms with van der Waals surface area (Å²) in [6.45, 7) is 0. The van der Waals surface area contributed by atoms with E-state index in [4.69, 9.17) is 5.11 Å². The van der Waals surface area contributed by atoms with Crippen molar-refractivity contribution < 1.29 is 38.0 Å². The van der Waals surface area contributed by atoms with Gasteiger partial charge in [0.05, 0.1) is 6.10 Å². The topological polar surface area (TPSA) is 88.1 Å². The maximum Gasteiger partial charge on any atom is 0.415 e. The molecule has 0 aromatic heterocycles. The highest BCUT2D eigenvalue weighted by Crippen LogP contribution is 2.33. The highest BCUT2D eigenvalue weighted by Gasteiger charge is 2.45. The molecule has 0 radical (unpaired) electrons. The van der Waals surface area contributed by atoms with Gasteiger partial charge in [-0.1, -0.05) is 0 Å². The number of carbonyl (C=O) groups excluding carboxylic acids is 1. The minimum atomic E-state index is -4.02. The molecule has 0 aromatic rings. The summed E-state index contributed by atoms with van der Waals surface area (Å²) in [5.41, 5.74) is 0. The number of hydrogen-bond acceptors (Lipinski definition) is 7. The van der Waals surface area contributed by atoms with Crippen molar-refractivity contribution in [2.24, 2.45) is 0 Å². The van der Waals surface area contributed by atoms with E-state index in [-0.39, 0.29) is 6.42 Å². The van der Waals surface area contributed by atoms with Gasteiger partial charge in [0.25, 0.3) is 0 Å². The minimum Gasteiger partial charge on any atom is -0.691 e. The van der Waals surface area contributed by atoms with Crippen LogP contribution in [0.15, 0.2) is 0 Å². The van der Waals surface area contributed by atoms with Crippen molar-refractivity contribution in [2.45, 2.75) is 36.7 Å². The smallest absolute Gasteiger partial charge is 0.415 e. The Labute approximate surface area is 93.5 Å². The summed E-state index contributed by atoms with van der Waals surface area (Å²) >= 11 is -0.734. The molecule has 0 amide bonds. The van der Waals surface area contributed by atoms with Crippen LogP contribution in [0, 0.1) is 0 Å².